The maximum atomic E-state index is 11.3. The van der Waals surface area contributed by atoms with Crippen molar-refractivity contribution in [3.05, 3.63) is 0 Å². The molecular weight excluding hydrogens is 220 g/mol. The predicted octanol–water partition coefficient (Wildman–Crippen LogP) is 0.307. The number of rotatable bonds is 4. The molecule has 3 atom stereocenters. The van der Waals surface area contributed by atoms with E-state index in [0.29, 0.717) is 19.4 Å². The van der Waals surface area contributed by atoms with E-state index < -0.39 is 11.4 Å². The van der Waals surface area contributed by atoms with Crippen molar-refractivity contribution in [3.63, 3.8) is 0 Å². The first-order chi connectivity index (χ1) is 8.10. The fraction of sp³-hybridized carbons (Fsp3) is 0.917. The number of amides is 1. The molecule has 2 aliphatic rings. The Morgan fingerprint density at radius 1 is 1.41 bits per heavy atom. The van der Waals surface area contributed by atoms with Crippen LogP contribution in [0, 0.1) is 0 Å². The van der Waals surface area contributed by atoms with E-state index in [1.54, 1.807) is 0 Å². The second-order valence-corrected chi connectivity index (χ2v) is 5.21. The van der Waals surface area contributed by atoms with Gasteiger partial charge in [-0.25, -0.2) is 0 Å². The van der Waals surface area contributed by atoms with Crippen LogP contribution >= 0.6 is 0 Å². The molecule has 2 fully saturated rings. The number of carbonyl (C=O) groups excluding carboxylic acids is 1. The number of primary amides is 1. The fourth-order valence-corrected chi connectivity index (χ4v) is 2.64. The quantitative estimate of drug-likeness (QED) is 0.742. The van der Waals surface area contributed by atoms with Crippen molar-refractivity contribution in [2.45, 2.75) is 56.3 Å². The summed E-state index contributed by atoms with van der Waals surface area (Å²) in [4.78, 5) is 11.3. The van der Waals surface area contributed by atoms with E-state index in [2.05, 4.69) is 0 Å². The van der Waals surface area contributed by atoms with Crippen LogP contribution < -0.4 is 11.5 Å². The van der Waals surface area contributed by atoms with Gasteiger partial charge in [-0.3, -0.25) is 4.79 Å². The molecule has 0 radical (unpaired) electrons. The van der Waals surface area contributed by atoms with Gasteiger partial charge in [0.2, 0.25) is 5.91 Å². The summed E-state index contributed by atoms with van der Waals surface area (Å²) in [6.07, 6.45) is 5.51. The molecule has 1 saturated carbocycles. The first-order valence-electron chi connectivity index (χ1n) is 6.42. The lowest BCUT2D eigenvalue weighted by Gasteiger charge is -2.35. The molecule has 3 unspecified atom stereocenters. The fourth-order valence-electron chi connectivity index (χ4n) is 2.64. The molecule has 5 heteroatoms. The third kappa shape index (κ3) is 3.18. The summed E-state index contributed by atoms with van der Waals surface area (Å²) in [5.74, 6) is -0.414. The lowest BCUT2D eigenvalue weighted by molar-refractivity contribution is -0.127. The Balaban J connectivity index is 1.78. The molecule has 0 bridgehead atoms. The molecule has 5 nitrogen and oxygen atoms in total. The van der Waals surface area contributed by atoms with Crippen molar-refractivity contribution in [3.8, 4) is 0 Å². The zero-order valence-corrected chi connectivity index (χ0v) is 10.2. The van der Waals surface area contributed by atoms with Gasteiger partial charge in [0.25, 0.3) is 0 Å². The Kier molecular flexibility index (Phi) is 4.01. The standard InChI is InChI=1S/C12H22N2O3/c13-11(15)12(14)5-1-3-9(7-12)17-8-10-4-2-6-16-10/h9-10H,1-8,14H2,(H2,13,15). The molecule has 2 rings (SSSR count). The summed E-state index contributed by atoms with van der Waals surface area (Å²) in [7, 11) is 0. The first kappa shape index (κ1) is 12.8. The van der Waals surface area contributed by atoms with E-state index in [0.717, 1.165) is 32.3 Å². The Morgan fingerprint density at radius 3 is 2.88 bits per heavy atom. The highest BCUT2D eigenvalue weighted by Gasteiger charge is 2.38. The first-order valence-corrected chi connectivity index (χ1v) is 6.42. The Bertz CT molecular complexity index is 279. The van der Waals surface area contributed by atoms with E-state index in [4.69, 9.17) is 20.9 Å². The van der Waals surface area contributed by atoms with Crippen LogP contribution in [0.4, 0.5) is 0 Å². The van der Waals surface area contributed by atoms with Crippen molar-refractivity contribution >= 4 is 5.91 Å². The molecule has 1 heterocycles. The van der Waals surface area contributed by atoms with Gasteiger partial charge in [0.15, 0.2) is 0 Å². The smallest absolute Gasteiger partial charge is 0.237 e. The van der Waals surface area contributed by atoms with Crippen LogP contribution in [0.5, 0.6) is 0 Å². The summed E-state index contributed by atoms with van der Waals surface area (Å²) in [5.41, 5.74) is 10.5. The summed E-state index contributed by atoms with van der Waals surface area (Å²) < 4.78 is 11.3. The normalized spacial score (nSPS) is 38.2. The van der Waals surface area contributed by atoms with Crippen LogP contribution in [0.1, 0.15) is 38.5 Å². The van der Waals surface area contributed by atoms with Gasteiger partial charge in [0, 0.05) is 13.0 Å². The van der Waals surface area contributed by atoms with Crippen LogP contribution in [-0.4, -0.2) is 36.9 Å². The Hall–Kier alpha value is -0.650. The third-order valence-electron chi connectivity index (χ3n) is 3.77. The molecule has 1 aliphatic carbocycles. The van der Waals surface area contributed by atoms with Gasteiger partial charge in [-0.1, -0.05) is 0 Å². The Labute approximate surface area is 102 Å². The average Bonchev–Trinajstić information content (AvgIpc) is 2.79. The second-order valence-electron chi connectivity index (χ2n) is 5.21. The molecule has 1 amide bonds. The van der Waals surface area contributed by atoms with Gasteiger partial charge >= 0.3 is 0 Å². The molecule has 0 aromatic carbocycles. The molecule has 0 aromatic heterocycles. The Morgan fingerprint density at radius 2 is 2.24 bits per heavy atom. The highest BCUT2D eigenvalue weighted by atomic mass is 16.5. The SMILES string of the molecule is NC(=O)C1(N)CCCC(OCC2CCCO2)C1. The molecule has 0 aromatic rings. The summed E-state index contributed by atoms with van der Waals surface area (Å²) in [5, 5.41) is 0. The minimum atomic E-state index is -0.876. The van der Waals surface area contributed by atoms with Crippen LogP contribution in [-0.2, 0) is 14.3 Å². The third-order valence-corrected chi connectivity index (χ3v) is 3.77. The summed E-state index contributed by atoms with van der Waals surface area (Å²) >= 11 is 0. The van der Waals surface area contributed by atoms with Crippen molar-refractivity contribution in [2.24, 2.45) is 11.5 Å². The van der Waals surface area contributed by atoms with Crippen LogP contribution in [0.2, 0.25) is 0 Å². The monoisotopic (exact) mass is 242 g/mol. The minimum absolute atomic E-state index is 0.0467. The number of carbonyl (C=O) groups is 1. The van der Waals surface area contributed by atoms with Gasteiger partial charge < -0.3 is 20.9 Å². The van der Waals surface area contributed by atoms with Crippen LogP contribution in [0.25, 0.3) is 0 Å². The maximum absolute atomic E-state index is 11.3. The molecule has 17 heavy (non-hydrogen) atoms. The topological polar surface area (TPSA) is 87.6 Å². The van der Waals surface area contributed by atoms with Crippen molar-refractivity contribution in [1.29, 1.82) is 0 Å². The number of hydrogen-bond acceptors (Lipinski definition) is 4. The zero-order chi connectivity index (χ0) is 12.3. The molecule has 1 aliphatic heterocycles. The molecule has 98 valence electrons. The lowest BCUT2D eigenvalue weighted by atomic mass is 9.80. The van der Waals surface area contributed by atoms with Crippen LogP contribution in [0.15, 0.2) is 0 Å². The van der Waals surface area contributed by atoms with Gasteiger partial charge in [-0.15, -0.1) is 0 Å². The van der Waals surface area contributed by atoms with E-state index in [9.17, 15) is 4.79 Å². The maximum Gasteiger partial charge on any atom is 0.237 e. The van der Waals surface area contributed by atoms with E-state index >= 15 is 0 Å². The predicted molar refractivity (Wildman–Crippen MR) is 63.3 cm³/mol. The summed E-state index contributed by atoms with van der Waals surface area (Å²) in [6, 6.07) is 0. The van der Waals surface area contributed by atoms with E-state index in [1.165, 1.54) is 0 Å². The lowest BCUT2D eigenvalue weighted by Crippen LogP contribution is -2.56. The van der Waals surface area contributed by atoms with E-state index in [1.807, 2.05) is 0 Å². The molecule has 4 N–H and O–H groups in total. The van der Waals surface area contributed by atoms with Gasteiger partial charge in [-0.05, 0) is 32.1 Å². The molecule has 0 spiro atoms. The van der Waals surface area contributed by atoms with Crippen molar-refractivity contribution < 1.29 is 14.3 Å². The largest absolute Gasteiger partial charge is 0.376 e. The average molecular weight is 242 g/mol. The number of ether oxygens (including phenoxy) is 2. The highest BCUT2D eigenvalue weighted by molar-refractivity contribution is 5.84. The van der Waals surface area contributed by atoms with Gasteiger partial charge in [0.1, 0.15) is 0 Å². The van der Waals surface area contributed by atoms with Crippen LogP contribution in [0.3, 0.4) is 0 Å². The zero-order valence-electron chi connectivity index (χ0n) is 10.2. The minimum Gasteiger partial charge on any atom is -0.376 e. The second kappa shape index (κ2) is 5.33. The number of hydrogen-bond donors (Lipinski definition) is 2. The van der Waals surface area contributed by atoms with E-state index in [-0.39, 0.29) is 12.2 Å². The highest BCUT2D eigenvalue weighted by Crippen LogP contribution is 2.28. The number of nitrogens with two attached hydrogens (primary N) is 2. The van der Waals surface area contributed by atoms with Crippen molar-refractivity contribution in [1.82, 2.24) is 0 Å². The summed E-state index contributed by atoms with van der Waals surface area (Å²) in [6.45, 7) is 1.44. The molecule has 1 saturated heterocycles. The van der Waals surface area contributed by atoms with Gasteiger partial charge in [-0.2, -0.15) is 0 Å². The van der Waals surface area contributed by atoms with Gasteiger partial charge in [0.05, 0.1) is 24.4 Å². The molecular formula is C12H22N2O3. The van der Waals surface area contributed by atoms with Crippen molar-refractivity contribution in [2.75, 3.05) is 13.2 Å².